The topological polar surface area (TPSA) is 38.3 Å². The first kappa shape index (κ1) is 19.5. The average Bonchev–Trinajstić information content (AvgIpc) is 2.68. The van der Waals surface area contributed by atoms with Gasteiger partial charge in [0, 0.05) is 18.3 Å². The molecule has 1 N–H and O–H groups in total. The quantitative estimate of drug-likeness (QED) is 0.284. The van der Waals surface area contributed by atoms with Gasteiger partial charge in [-0.25, -0.2) is 4.79 Å². The second-order valence-corrected chi connectivity index (χ2v) is 6.05. The summed E-state index contributed by atoms with van der Waals surface area (Å²) in [5.41, 5.74) is 3.38. The summed E-state index contributed by atoms with van der Waals surface area (Å²) in [7, 11) is 0. The fourth-order valence-corrected chi connectivity index (χ4v) is 2.53. The van der Waals surface area contributed by atoms with Crippen molar-refractivity contribution in [1.29, 1.82) is 0 Å². The predicted octanol–water partition coefficient (Wildman–Crippen LogP) is 5.42. The zero-order valence-corrected chi connectivity index (χ0v) is 15.5. The van der Waals surface area contributed by atoms with Gasteiger partial charge in [-0.05, 0) is 48.6 Å². The molecule has 0 amide bonds. The molecule has 2 rings (SSSR count). The lowest BCUT2D eigenvalue weighted by molar-refractivity contribution is -0.137. The second-order valence-electron chi connectivity index (χ2n) is 6.05. The number of hydrogen-bond acceptors (Lipinski definition) is 3. The zero-order chi connectivity index (χ0) is 18.6. The fourth-order valence-electron chi connectivity index (χ4n) is 2.53. The van der Waals surface area contributed by atoms with Gasteiger partial charge in [-0.15, -0.1) is 0 Å². The highest BCUT2D eigenvalue weighted by Gasteiger charge is 1.99. The second kappa shape index (κ2) is 10.9. The minimum atomic E-state index is -0.314. The summed E-state index contributed by atoms with van der Waals surface area (Å²) in [6.45, 7) is 5.28. The molecule has 1 unspecified atom stereocenters. The van der Waals surface area contributed by atoms with E-state index in [1.54, 1.807) is 13.0 Å². The number of carbonyl (C=O) groups excluding carboxylic acids is 1. The molecule has 0 aliphatic heterocycles. The first-order valence-electron chi connectivity index (χ1n) is 9.09. The Morgan fingerprint density at radius 3 is 2.54 bits per heavy atom. The summed E-state index contributed by atoms with van der Waals surface area (Å²) in [5, 5.41) is 3.40. The Morgan fingerprint density at radius 2 is 1.85 bits per heavy atom. The van der Waals surface area contributed by atoms with E-state index in [1.807, 2.05) is 30.3 Å². The number of carbonyl (C=O) groups is 1. The van der Waals surface area contributed by atoms with Crippen LogP contribution < -0.4 is 5.32 Å². The van der Waals surface area contributed by atoms with E-state index in [0.717, 1.165) is 24.2 Å². The van der Waals surface area contributed by atoms with Gasteiger partial charge in [-0.3, -0.25) is 0 Å². The number of esters is 1. The number of hydrogen-bond donors (Lipinski definition) is 1. The molecule has 26 heavy (non-hydrogen) atoms. The monoisotopic (exact) mass is 349 g/mol. The lowest BCUT2D eigenvalue weighted by Crippen LogP contribution is -2.00. The van der Waals surface area contributed by atoms with Crippen LogP contribution in [0.1, 0.15) is 37.3 Å². The van der Waals surface area contributed by atoms with Crippen LogP contribution in [0.2, 0.25) is 0 Å². The van der Waals surface area contributed by atoms with Crippen molar-refractivity contribution in [2.75, 3.05) is 18.5 Å². The first-order chi connectivity index (χ1) is 12.7. The molecule has 136 valence electrons. The maximum absolute atomic E-state index is 11.3. The molecule has 0 fully saturated rings. The predicted molar refractivity (Wildman–Crippen MR) is 109 cm³/mol. The van der Waals surface area contributed by atoms with E-state index in [-0.39, 0.29) is 5.97 Å². The summed E-state index contributed by atoms with van der Waals surface area (Å²) >= 11 is 0. The standard InChI is InChI=1S/C23H27NO2/c1-3-26-23(25)17-14-20-12-15-22(16-13-20)24-18-8-7-9-19(2)21-10-5-4-6-11-21/h4-7,9-17,19,24H,3,8,18H2,1-2H3. The third-order valence-corrected chi connectivity index (χ3v) is 4.00. The molecule has 0 aromatic heterocycles. The van der Waals surface area contributed by atoms with Gasteiger partial charge in [-0.2, -0.15) is 0 Å². The van der Waals surface area contributed by atoms with Gasteiger partial charge in [0.15, 0.2) is 0 Å². The van der Waals surface area contributed by atoms with Crippen LogP contribution in [-0.4, -0.2) is 19.1 Å². The van der Waals surface area contributed by atoms with E-state index in [9.17, 15) is 4.79 Å². The number of benzene rings is 2. The Kier molecular flexibility index (Phi) is 8.20. The number of allylic oxidation sites excluding steroid dienone is 1. The minimum Gasteiger partial charge on any atom is -0.463 e. The van der Waals surface area contributed by atoms with Crippen molar-refractivity contribution < 1.29 is 9.53 Å². The summed E-state index contributed by atoms with van der Waals surface area (Å²) in [4.78, 5) is 11.3. The van der Waals surface area contributed by atoms with E-state index in [2.05, 4.69) is 48.7 Å². The molecule has 0 radical (unpaired) electrons. The van der Waals surface area contributed by atoms with Gasteiger partial charge in [0.05, 0.1) is 6.61 Å². The van der Waals surface area contributed by atoms with Crippen molar-refractivity contribution in [3.8, 4) is 0 Å². The van der Waals surface area contributed by atoms with Crippen LogP contribution in [0.4, 0.5) is 5.69 Å². The molecule has 0 aliphatic rings. The van der Waals surface area contributed by atoms with Crippen molar-refractivity contribution in [3.63, 3.8) is 0 Å². The van der Waals surface area contributed by atoms with Crippen LogP contribution in [0, 0.1) is 0 Å². The maximum Gasteiger partial charge on any atom is 0.330 e. The number of ether oxygens (including phenoxy) is 1. The third-order valence-electron chi connectivity index (χ3n) is 4.00. The molecule has 0 spiro atoms. The summed E-state index contributed by atoms with van der Waals surface area (Å²) < 4.78 is 4.86. The molecule has 2 aromatic rings. The molecule has 0 heterocycles. The highest BCUT2D eigenvalue weighted by Crippen LogP contribution is 2.16. The fraction of sp³-hybridized carbons (Fsp3) is 0.261. The van der Waals surface area contributed by atoms with Crippen molar-refractivity contribution >= 4 is 17.7 Å². The van der Waals surface area contributed by atoms with Crippen molar-refractivity contribution in [2.24, 2.45) is 0 Å². The van der Waals surface area contributed by atoms with Crippen LogP contribution in [0.15, 0.2) is 72.8 Å². The average molecular weight is 349 g/mol. The Morgan fingerprint density at radius 1 is 1.12 bits per heavy atom. The summed E-state index contributed by atoms with van der Waals surface area (Å²) in [6.07, 6.45) is 8.66. The van der Waals surface area contributed by atoms with Crippen LogP contribution in [-0.2, 0) is 9.53 Å². The summed E-state index contributed by atoms with van der Waals surface area (Å²) in [6, 6.07) is 18.5. The van der Waals surface area contributed by atoms with E-state index < -0.39 is 0 Å². The molecule has 0 saturated heterocycles. The Balaban J connectivity index is 1.73. The molecule has 1 atom stereocenters. The maximum atomic E-state index is 11.3. The van der Waals surface area contributed by atoms with Crippen LogP contribution in [0.5, 0.6) is 0 Å². The van der Waals surface area contributed by atoms with E-state index >= 15 is 0 Å². The Labute approximate surface area is 156 Å². The molecule has 2 aromatic carbocycles. The Hall–Kier alpha value is -2.81. The first-order valence-corrected chi connectivity index (χ1v) is 9.09. The molecule has 0 saturated carbocycles. The van der Waals surface area contributed by atoms with Crippen LogP contribution >= 0.6 is 0 Å². The van der Waals surface area contributed by atoms with E-state index in [4.69, 9.17) is 4.74 Å². The SMILES string of the molecule is CCOC(=O)C=Cc1ccc(NCCC=CC(C)c2ccccc2)cc1. The van der Waals surface area contributed by atoms with E-state index in [0.29, 0.717) is 12.5 Å². The molecular formula is C23H27NO2. The Bertz CT molecular complexity index is 718. The van der Waals surface area contributed by atoms with Gasteiger partial charge in [0.2, 0.25) is 0 Å². The van der Waals surface area contributed by atoms with E-state index in [1.165, 1.54) is 11.6 Å². The highest BCUT2D eigenvalue weighted by atomic mass is 16.5. The lowest BCUT2D eigenvalue weighted by Gasteiger charge is -2.07. The largest absolute Gasteiger partial charge is 0.463 e. The van der Waals surface area contributed by atoms with Gasteiger partial charge in [0.1, 0.15) is 0 Å². The third kappa shape index (κ3) is 6.98. The van der Waals surface area contributed by atoms with Crippen molar-refractivity contribution in [1.82, 2.24) is 0 Å². The van der Waals surface area contributed by atoms with Gasteiger partial charge in [-0.1, -0.05) is 61.5 Å². The lowest BCUT2D eigenvalue weighted by atomic mass is 10.0. The highest BCUT2D eigenvalue weighted by molar-refractivity contribution is 5.87. The van der Waals surface area contributed by atoms with Crippen molar-refractivity contribution in [3.05, 3.63) is 84.0 Å². The minimum absolute atomic E-state index is 0.314. The van der Waals surface area contributed by atoms with Gasteiger partial charge >= 0.3 is 5.97 Å². The van der Waals surface area contributed by atoms with Crippen LogP contribution in [0.25, 0.3) is 6.08 Å². The number of rotatable bonds is 9. The van der Waals surface area contributed by atoms with Crippen molar-refractivity contribution in [2.45, 2.75) is 26.2 Å². The molecule has 0 aliphatic carbocycles. The molecule has 3 nitrogen and oxygen atoms in total. The zero-order valence-electron chi connectivity index (χ0n) is 15.5. The smallest absolute Gasteiger partial charge is 0.330 e. The number of nitrogens with one attached hydrogen (secondary N) is 1. The molecule has 0 bridgehead atoms. The van der Waals surface area contributed by atoms with Gasteiger partial charge in [0.25, 0.3) is 0 Å². The number of anilines is 1. The molecule has 3 heteroatoms. The van der Waals surface area contributed by atoms with Gasteiger partial charge < -0.3 is 10.1 Å². The molecular weight excluding hydrogens is 322 g/mol. The normalized spacial score (nSPS) is 12.4. The summed E-state index contributed by atoms with van der Waals surface area (Å²) in [5.74, 6) is 0.118. The van der Waals surface area contributed by atoms with Crippen LogP contribution in [0.3, 0.4) is 0 Å².